The molecular formula is C18H29BrN2. The molecule has 118 valence electrons. The van der Waals surface area contributed by atoms with Crippen LogP contribution >= 0.6 is 15.9 Å². The van der Waals surface area contributed by atoms with Crippen LogP contribution in [-0.2, 0) is 6.54 Å². The van der Waals surface area contributed by atoms with E-state index < -0.39 is 0 Å². The molecule has 1 aromatic carbocycles. The Morgan fingerprint density at radius 1 is 1.29 bits per heavy atom. The molecule has 0 saturated carbocycles. The second kappa shape index (κ2) is 7.64. The summed E-state index contributed by atoms with van der Waals surface area (Å²) in [5, 5.41) is 3.55. The lowest BCUT2D eigenvalue weighted by atomic mass is 9.85. The number of piperidine rings is 1. The van der Waals surface area contributed by atoms with Gasteiger partial charge >= 0.3 is 0 Å². The number of nitrogens with one attached hydrogen (secondary N) is 1. The van der Waals surface area contributed by atoms with Crippen LogP contribution in [0.4, 0.5) is 5.69 Å². The molecular weight excluding hydrogens is 324 g/mol. The second-order valence-corrected chi connectivity index (χ2v) is 7.58. The molecule has 3 unspecified atom stereocenters. The maximum Gasteiger partial charge on any atom is 0.0415 e. The van der Waals surface area contributed by atoms with Gasteiger partial charge in [0.2, 0.25) is 0 Å². The fourth-order valence-corrected chi connectivity index (χ4v) is 3.82. The lowest BCUT2D eigenvalue weighted by Gasteiger charge is -2.43. The van der Waals surface area contributed by atoms with E-state index >= 15 is 0 Å². The first-order valence-corrected chi connectivity index (χ1v) is 9.08. The number of rotatable bonds is 5. The van der Waals surface area contributed by atoms with Gasteiger partial charge in [0.15, 0.2) is 0 Å². The third-order valence-corrected chi connectivity index (χ3v) is 5.18. The molecule has 1 fully saturated rings. The van der Waals surface area contributed by atoms with Gasteiger partial charge in [0.25, 0.3) is 0 Å². The van der Waals surface area contributed by atoms with Crippen molar-refractivity contribution in [3.05, 3.63) is 28.2 Å². The highest BCUT2D eigenvalue weighted by molar-refractivity contribution is 9.10. The summed E-state index contributed by atoms with van der Waals surface area (Å²) < 4.78 is 1.17. The molecule has 0 radical (unpaired) electrons. The molecule has 1 aromatic rings. The Kier molecular flexibility index (Phi) is 6.12. The first kappa shape index (κ1) is 16.8. The van der Waals surface area contributed by atoms with Crippen LogP contribution in [0.1, 0.15) is 46.1 Å². The number of hydrogen-bond donors (Lipinski definition) is 1. The zero-order chi connectivity index (χ0) is 15.4. The highest BCUT2D eigenvalue weighted by Gasteiger charge is 2.29. The van der Waals surface area contributed by atoms with Gasteiger partial charge in [-0.2, -0.15) is 0 Å². The average Bonchev–Trinajstić information content (AvgIpc) is 2.44. The Morgan fingerprint density at radius 3 is 2.76 bits per heavy atom. The molecule has 0 bridgehead atoms. The van der Waals surface area contributed by atoms with E-state index in [9.17, 15) is 0 Å². The summed E-state index contributed by atoms with van der Waals surface area (Å²) >= 11 is 3.62. The molecule has 1 N–H and O–H groups in total. The van der Waals surface area contributed by atoms with E-state index in [0.29, 0.717) is 6.04 Å². The lowest BCUT2D eigenvalue weighted by Crippen LogP contribution is -2.46. The van der Waals surface area contributed by atoms with E-state index in [4.69, 9.17) is 0 Å². The predicted octanol–water partition coefficient (Wildman–Crippen LogP) is 4.82. The molecule has 0 aromatic heterocycles. The number of halogens is 1. The molecule has 2 rings (SSSR count). The number of benzene rings is 1. The van der Waals surface area contributed by atoms with Crippen LogP contribution in [0.25, 0.3) is 0 Å². The molecule has 0 amide bonds. The molecule has 1 aliphatic heterocycles. The average molecular weight is 353 g/mol. The fourth-order valence-electron chi connectivity index (χ4n) is 3.41. The van der Waals surface area contributed by atoms with E-state index in [1.807, 2.05) is 0 Å². The van der Waals surface area contributed by atoms with Gasteiger partial charge in [-0.05, 0) is 61.9 Å². The van der Waals surface area contributed by atoms with Crippen molar-refractivity contribution in [3.63, 3.8) is 0 Å². The molecule has 1 aliphatic rings. The van der Waals surface area contributed by atoms with Crippen LogP contribution < -0.4 is 10.2 Å². The van der Waals surface area contributed by atoms with Gasteiger partial charge in [0, 0.05) is 29.3 Å². The van der Waals surface area contributed by atoms with Crippen molar-refractivity contribution < 1.29 is 0 Å². The monoisotopic (exact) mass is 352 g/mol. The number of hydrogen-bond acceptors (Lipinski definition) is 2. The summed E-state index contributed by atoms with van der Waals surface area (Å²) in [4.78, 5) is 2.62. The minimum absolute atomic E-state index is 0.618. The van der Waals surface area contributed by atoms with Gasteiger partial charge in [0.05, 0.1) is 0 Å². The molecule has 1 heterocycles. The van der Waals surface area contributed by atoms with Gasteiger partial charge in [-0.15, -0.1) is 0 Å². The van der Waals surface area contributed by atoms with Crippen LogP contribution in [0.2, 0.25) is 0 Å². The second-order valence-electron chi connectivity index (χ2n) is 6.66. The maximum atomic E-state index is 3.62. The zero-order valence-corrected chi connectivity index (χ0v) is 15.4. The van der Waals surface area contributed by atoms with E-state index in [1.54, 1.807) is 0 Å². The van der Waals surface area contributed by atoms with Crippen LogP contribution in [0, 0.1) is 11.8 Å². The SMILES string of the molecule is CCCNCc1cc(Br)ccc1N1CC(C)CC(C)C1C. The van der Waals surface area contributed by atoms with Gasteiger partial charge in [-0.3, -0.25) is 0 Å². The van der Waals surface area contributed by atoms with Crippen LogP contribution in [0.3, 0.4) is 0 Å². The lowest BCUT2D eigenvalue weighted by molar-refractivity contribution is 0.296. The Bertz CT molecular complexity index is 461. The van der Waals surface area contributed by atoms with Crippen LogP contribution in [0.15, 0.2) is 22.7 Å². The van der Waals surface area contributed by atoms with Crippen molar-refractivity contribution in [2.24, 2.45) is 11.8 Å². The minimum Gasteiger partial charge on any atom is -0.368 e. The van der Waals surface area contributed by atoms with E-state index in [2.05, 4.69) is 72.0 Å². The van der Waals surface area contributed by atoms with Gasteiger partial charge in [-0.25, -0.2) is 0 Å². The summed E-state index contributed by atoms with van der Waals surface area (Å²) in [7, 11) is 0. The third-order valence-electron chi connectivity index (χ3n) is 4.69. The van der Waals surface area contributed by atoms with Gasteiger partial charge in [-0.1, -0.05) is 36.7 Å². The Hall–Kier alpha value is -0.540. The summed E-state index contributed by atoms with van der Waals surface area (Å²) in [5.74, 6) is 1.53. The largest absolute Gasteiger partial charge is 0.368 e. The zero-order valence-electron chi connectivity index (χ0n) is 13.8. The maximum absolute atomic E-state index is 3.62. The normalized spacial score (nSPS) is 26.1. The quantitative estimate of drug-likeness (QED) is 0.764. The van der Waals surface area contributed by atoms with Crippen LogP contribution in [0.5, 0.6) is 0 Å². The van der Waals surface area contributed by atoms with Gasteiger partial charge < -0.3 is 10.2 Å². The first-order chi connectivity index (χ1) is 10.0. The highest BCUT2D eigenvalue weighted by atomic mass is 79.9. The first-order valence-electron chi connectivity index (χ1n) is 8.28. The minimum atomic E-state index is 0.618. The van der Waals surface area contributed by atoms with Gasteiger partial charge in [0.1, 0.15) is 0 Å². The summed E-state index contributed by atoms with van der Waals surface area (Å²) in [6.45, 7) is 12.6. The Balaban J connectivity index is 2.24. The summed E-state index contributed by atoms with van der Waals surface area (Å²) in [6.07, 6.45) is 2.52. The molecule has 3 heteroatoms. The predicted molar refractivity (Wildman–Crippen MR) is 95.9 cm³/mol. The van der Waals surface area contributed by atoms with Crippen molar-refractivity contribution in [3.8, 4) is 0 Å². The Labute approximate surface area is 138 Å². The number of nitrogens with zero attached hydrogens (tertiary/aromatic N) is 1. The van der Waals surface area contributed by atoms with E-state index in [1.165, 1.54) is 35.1 Å². The van der Waals surface area contributed by atoms with Crippen molar-refractivity contribution in [2.75, 3.05) is 18.0 Å². The summed E-state index contributed by atoms with van der Waals surface area (Å²) in [6, 6.07) is 7.35. The molecule has 0 spiro atoms. The highest BCUT2D eigenvalue weighted by Crippen LogP contribution is 2.34. The van der Waals surface area contributed by atoms with E-state index in [-0.39, 0.29) is 0 Å². The standard InChI is InChI=1S/C18H29BrN2/c1-5-8-20-11-16-10-17(19)6-7-18(16)21-12-13(2)9-14(3)15(21)4/h6-7,10,13-15,20H,5,8-9,11-12H2,1-4H3. The third kappa shape index (κ3) is 4.23. The molecule has 1 saturated heterocycles. The molecule has 3 atom stereocenters. The van der Waals surface area contributed by atoms with Crippen molar-refractivity contribution >= 4 is 21.6 Å². The molecule has 21 heavy (non-hydrogen) atoms. The number of anilines is 1. The van der Waals surface area contributed by atoms with Crippen molar-refractivity contribution in [1.29, 1.82) is 0 Å². The topological polar surface area (TPSA) is 15.3 Å². The summed E-state index contributed by atoms with van der Waals surface area (Å²) in [5.41, 5.74) is 2.82. The van der Waals surface area contributed by atoms with E-state index in [0.717, 1.165) is 24.9 Å². The van der Waals surface area contributed by atoms with Crippen molar-refractivity contribution in [1.82, 2.24) is 5.32 Å². The Morgan fingerprint density at radius 2 is 2.05 bits per heavy atom. The van der Waals surface area contributed by atoms with Crippen molar-refractivity contribution in [2.45, 2.75) is 53.1 Å². The smallest absolute Gasteiger partial charge is 0.0415 e. The fraction of sp³-hybridized carbons (Fsp3) is 0.667. The molecule has 2 nitrogen and oxygen atoms in total. The molecule has 0 aliphatic carbocycles. The van der Waals surface area contributed by atoms with Crippen LogP contribution in [-0.4, -0.2) is 19.1 Å².